The van der Waals surface area contributed by atoms with Crippen molar-refractivity contribution in [1.82, 2.24) is 10.2 Å². The lowest BCUT2D eigenvalue weighted by atomic mass is 10.1. The van der Waals surface area contributed by atoms with Gasteiger partial charge in [-0.25, -0.2) is 5.10 Å². The predicted molar refractivity (Wildman–Crippen MR) is 75.0 cm³/mol. The Labute approximate surface area is 111 Å². The summed E-state index contributed by atoms with van der Waals surface area (Å²) in [5.41, 5.74) is 6.77. The van der Waals surface area contributed by atoms with Gasteiger partial charge in [-0.05, 0) is 24.1 Å². The Bertz CT molecular complexity index is 620. The SMILES string of the molecule is CC(C)COc1ccccc1-c1cc(N)c(=O)[nH]n1. The monoisotopic (exact) mass is 259 g/mol. The number of rotatable bonds is 4. The molecule has 0 aliphatic heterocycles. The molecule has 0 aliphatic carbocycles. The van der Waals surface area contributed by atoms with Crippen molar-refractivity contribution < 1.29 is 4.74 Å². The molecular weight excluding hydrogens is 242 g/mol. The maximum Gasteiger partial charge on any atom is 0.287 e. The Hall–Kier alpha value is -2.30. The van der Waals surface area contributed by atoms with Crippen molar-refractivity contribution >= 4 is 5.69 Å². The lowest BCUT2D eigenvalue weighted by Crippen LogP contribution is -2.13. The van der Waals surface area contributed by atoms with E-state index >= 15 is 0 Å². The van der Waals surface area contributed by atoms with Crippen molar-refractivity contribution in [3.63, 3.8) is 0 Å². The average Bonchev–Trinajstić information content (AvgIpc) is 2.40. The maximum atomic E-state index is 11.2. The number of nitrogens with zero attached hydrogens (tertiary/aromatic N) is 1. The molecule has 0 amide bonds. The largest absolute Gasteiger partial charge is 0.493 e. The number of nitrogens with two attached hydrogens (primary N) is 1. The first-order chi connectivity index (χ1) is 9.08. The van der Waals surface area contributed by atoms with Gasteiger partial charge in [0.15, 0.2) is 0 Å². The standard InChI is InChI=1S/C14H17N3O2/c1-9(2)8-19-13-6-4-3-5-10(13)12-7-11(15)14(18)17-16-12/h3-7,9H,8H2,1-2H3,(H2,15,16)(H,17,18). The first-order valence-electron chi connectivity index (χ1n) is 6.15. The number of hydrogen-bond acceptors (Lipinski definition) is 4. The number of hydrogen-bond donors (Lipinski definition) is 2. The van der Waals surface area contributed by atoms with E-state index in [0.29, 0.717) is 18.2 Å². The Morgan fingerprint density at radius 2 is 2.11 bits per heavy atom. The van der Waals surface area contributed by atoms with Crippen LogP contribution in [0.2, 0.25) is 0 Å². The molecule has 0 saturated carbocycles. The number of para-hydroxylation sites is 1. The quantitative estimate of drug-likeness (QED) is 0.880. The number of anilines is 1. The molecule has 0 spiro atoms. The normalized spacial score (nSPS) is 10.7. The van der Waals surface area contributed by atoms with Gasteiger partial charge >= 0.3 is 0 Å². The fourth-order valence-electron chi connectivity index (χ4n) is 1.62. The van der Waals surface area contributed by atoms with E-state index in [1.807, 2.05) is 24.3 Å². The number of ether oxygens (including phenoxy) is 1. The fraction of sp³-hybridized carbons (Fsp3) is 0.286. The van der Waals surface area contributed by atoms with Crippen LogP contribution in [-0.4, -0.2) is 16.8 Å². The summed E-state index contributed by atoms with van der Waals surface area (Å²) in [6, 6.07) is 9.10. The summed E-state index contributed by atoms with van der Waals surface area (Å²) in [6.45, 7) is 4.79. The van der Waals surface area contributed by atoms with Gasteiger partial charge in [0.05, 0.1) is 12.3 Å². The third-order valence-electron chi connectivity index (χ3n) is 2.57. The van der Waals surface area contributed by atoms with E-state index in [1.54, 1.807) is 6.07 Å². The van der Waals surface area contributed by atoms with Gasteiger partial charge in [0.2, 0.25) is 0 Å². The summed E-state index contributed by atoms with van der Waals surface area (Å²) >= 11 is 0. The molecule has 2 rings (SSSR count). The van der Waals surface area contributed by atoms with Gasteiger partial charge in [-0.1, -0.05) is 26.0 Å². The maximum absolute atomic E-state index is 11.2. The highest BCUT2D eigenvalue weighted by Gasteiger charge is 2.09. The van der Waals surface area contributed by atoms with Crippen molar-refractivity contribution in [2.45, 2.75) is 13.8 Å². The van der Waals surface area contributed by atoms with Gasteiger partial charge in [0.25, 0.3) is 5.56 Å². The highest BCUT2D eigenvalue weighted by Crippen LogP contribution is 2.28. The predicted octanol–water partition coefficient (Wildman–Crippen LogP) is 2.05. The molecule has 5 nitrogen and oxygen atoms in total. The topological polar surface area (TPSA) is 81.0 Å². The molecule has 1 aromatic heterocycles. The average molecular weight is 259 g/mol. The lowest BCUT2D eigenvalue weighted by molar-refractivity contribution is 0.272. The molecule has 100 valence electrons. The number of aromatic amines is 1. The molecular formula is C14H17N3O2. The van der Waals surface area contributed by atoms with Crippen molar-refractivity contribution in [3.05, 3.63) is 40.7 Å². The minimum Gasteiger partial charge on any atom is -0.493 e. The summed E-state index contributed by atoms with van der Waals surface area (Å²) in [4.78, 5) is 11.2. The second kappa shape index (κ2) is 5.56. The van der Waals surface area contributed by atoms with E-state index in [0.717, 1.165) is 11.3 Å². The van der Waals surface area contributed by atoms with Crippen LogP contribution in [0.1, 0.15) is 13.8 Å². The van der Waals surface area contributed by atoms with E-state index < -0.39 is 0 Å². The third kappa shape index (κ3) is 3.13. The van der Waals surface area contributed by atoms with Crippen molar-refractivity contribution in [2.75, 3.05) is 12.3 Å². The highest BCUT2D eigenvalue weighted by atomic mass is 16.5. The zero-order valence-electron chi connectivity index (χ0n) is 11.0. The summed E-state index contributed by atoms with van der Waals surface area (Å²) in [7, 11) is 0. The van der Waals surface area contributed by atoms with Crippen LogP contribution < -0.4 is 16.0 Å². The van der Waals surface area contributed by atoms with Gasteiger partial charge in [-0.2, -0.15) is 5.10 Å². The third-order valence-corrected chi connectivity index (χ3v) is 2.57. The molecule has 0 aliphatic rings. The highest BCUT2D eigenvalue weighted by molar-refractivity contribution is 5.68. The molecule has 0 unspecified atom stereocenters. The molecule has 0 radical (unpaired) electrons. The van der Waals surface area contributed by atoms with Gasteiger partial charge in [-0.15, -0.1) is 0 Å². The fourth-order valence-corrected chi connectivity index (χ4v) is 1.62. The molecule has 0 fully saturated rings. The van der Waals surface area contributed by atoms with Crippen molar-refractivity contribution in [3.8, 4) is 17.0 Å². The van der Waals surface area contributed by atoms with Crippen LogP contribution >= 0.6 is 0 Å². The van der Waals surface area contributed by atoms with Crippen LogP contribution in [-0.2, 0) is 0 Å². The molecule has 0 bridgehead atoms. The van der Waals surface area contributed by atoms with E-state index in [-0.39, 0.29) is 11.2 Å². The van der Waals surface area contributed by atoms with Gasteiger partial charge in [0, 0.05) is 5.56 Å². The van der Waals surface area contributed by atoms with Crippen LogP contribution in [0.3, 0.4) is 0 Å². The zero-order chi connectivity index (χ0) is 13.8. The van der Waals surface area contributed by atoms with E-state index in [4.69, 9.17) is 10.5 Å². The molecule has 5 heteroatoms. The smallest absolute Gasteiger partial charge is 0.287 e. The van der Waals surface area contributed by atoms with Crippen LogP contribution in [0.5, 0.6) is 5.75 Å². The van der Waals surface area contributed by atoms with E-state index in [9.17, 15) is 4.79 Å². The van der Waals surface area contributed by atoms with Crippen molar-refractivity contribution in [2.24, 2.45) is 5.92 Å². The van der Waals surface area contributed by atoms with Crippen molar-refractivity contribution in [1.29, 1.82) is 0 Å². The number of nitrogens with one attached hydrogen (secondary N) is 1. The van der Waals surface area contributed by atoms with Crippen LogP contribution in [0.25, 0.3) is 11.3 Å². The first kappa shape index (κ1) is 13.1. The van der Waals surface area contributed by atoms with E-state index in [1.165, 1.54) is 0 Å². The molecule has 0 atom stereocenters. The van der Waals surface area contributed by atoms with Crippen LogP contribution in [0, 0.1) is 5.92 Å². The second-order valence-corrected chi connectivity index (χ2v) is 4.74. The summed E-state index contributed by atoms with van der Waals surface area (Å²) in [6.07, 6.45) is 0. The Kier molecular flexibility index (Phi) is 3.85. The second-order valence-electron chi connectivity index (χ2n) is 4.74. The lowest BCUT2D eigenvalue weighted by Gasteiger charge is -2.12. The Morgan fingerprint density at radius 1 is 1.37 bits per heavy atom. The van der Waals surface area contributed by atoms with Crippen LogP contribution in [0.15, 0.2) is 35.1 Å². The Morgan fingerprint density at radius 3 is 2.79 bits per heavy atom. The number of H-pyrrole nitrogens is 1. The zero-order valence-corrected chi connectivity index (χ0v) is 11.0. The molecule has 1 heterocycles. The van der Waals surface area contributed by atoms with Crippen LogP contribution in [0.4, 0.5) is 5.69 Å². The summed E-state index contributed by atoms with van der Waals surface area (Å²) in [5.74, 6) is 1.16. The molecule has 1 aromatic carbocycles. The minimum atomic E-state index is -0.385. The van der Waals surface area contributed by atoms with Gasteiger partial charge in [-0.3, -0.25) is 4.79 Å². The first-order valence-corrected chi connectivity index (χ1v) is 6.15. The molecule has 2 aromatic rings. The molecule has 0 saturated heterocycles. The summed E-state index contributed by atoms with van der Waals surface area (Å²) < 4.78 is 5.75. The number of aromatic nitrogens is 2. The number of nitrogen functional groups attached to an aromatic ring is 1. The van der Waals surface area contributed by atoms with E-state index in [2.05, 4.69) is 24.0 Å². The molecule has 3 N–H and O–H groups in total. The summed E-state index contributed by atoms with van der Waals surface area (Å²) in [5, 5.41) is 6.37. The Balaban J connectivity index is 2.38. The van der Waals surface area contributed by atoms with Gasteiger partial charge < -0.3 is 10.5 Å². The number of benzene rings is 1. The van der Waals surface area contributed by atoms with Gasteiger partial charge in [0.1, 0.15) is 11.4 Å². The minimum absolute atomic E-state index is 0.142. The molecule has 19 heavy (non-hydrogen) atoms.